The molecule has 3 aromatic carbocycles. The molecule has 13 nitrogen and oxygen atoms in total. The Morgan fingerprint density at radius 3 is 1.77 bits per heavy atom. The lowest BCUT2D eigenvalue weighted by Gasteiger charge is -2.29. The second kappa shape index (κ2) is 15.0. The first-order valence-electron chi connectivity index (χ1n) is 15.3. The fourth-order valence-corrected chi connectivity index (χ4v) is 5.55. The van der Waals surface area contributed by atoms with Gasteiger partial charge in [0.15, 0.2) is 0 Å². The molecule has 0 bridgehead atoms. The molecule has 0 saturated carbocycles. The maximum absolute atomic E-state index is 10.2. The van der Waals surface area contributed by atoms with Gasteiger partial charge >= 0.3 is 0 Å². The summed E-state index contributed by atoms with van der Waals surface area (Å²) in [6.45, 7) is 6.56. The van der Waals surface area contributed by atoms with Gasteiger partial charge in [-0.15, -0.1) is 0 Å². The van der Waals surface area contributed by atoms with E-state index in [0.717, 1.165) is 59.8 Å². The zero-order chi connectivity index (χ0) is 32.6. The number of morpholine rings is 2. The van der Waals surface area contributed by atoms with Crippen molar-refractivity contribution in [1.82, 2.24) is 19.9 Å². The second-order valence-corrected chi connectivity index (χ2v) is 10.8. The molecule has 2 aliphatic heterocycles. The summed E-state index contributed by atoms with van der Waals surface area (Å²) in [6.07, 6.45) is 2.95. The standard InChI is InChI=1S/C21H23N3O4.C13H15N3O3.H2/c1-25-17-5-3-15(4-6-17)13-28-19-12-16(24-7-9-27-10-8-24)11-18-20(19)21(26-2)23-14-22-18;1-18-13-12-10(14-8-15-13)6-9(7-11(12)17)16-2-4-19-5-3-16;/h3-6,11-12,14H,7-10,13H2,1-2H3;6-8,17H,2-5H2,1H3;1H. The Morgan fingerprint density at radius 2 is 1.21 bits per heavy atom. The van der Waals surface area contributed by atoms with Crippen molar-refractivity contribution in [3.8, 4) is 29.0 Å². The van der Waals surface area contributed by atoms with Gasteiger partial charge in [-0.05, 0) is 29.8 Å². The summed E-state index contributed by atoms with van der Waals surface area (Å²) < 4.78 is 32.8. The first-order valence-corrected chi connectivity index (χ1v) is 15.3. The number of phenolic OH excluding ortho intramolecular Hbond substituents is 1. The predicted octanol–water partition coefficient (Wildman–Crippen LogP) is 4.49. The molecule has 0 amide bonds. The van der Waals surface area contributed by atoms with E-state index in [1.54, 1.807) is 20.3 Å². The van der Waals surface area contributed by atoms with E-state index in [-0.39, 0.29) is 7.18 Å². The fraction of sp³-hybridized carbons (Fsp3) is 0.353. The zero-order valence-corrected chi connectivity index (χ0v) is 26.7. The van der Waals surface area contributed by atoms with Crippen molar-refractivity contribution in [3.63, 3.8) is 0 Å². The maximum Gasteiger partial charge on any atom is 0.228 e. The van der Waals surface area contributed by atoms with Gasteiger partial charge in [0, 0.05) is 51.1 Å². The SMILES string of the molecule is COc1ccc(COc2cc(N3CCOCC3)cc3ncnc(OC)c23)cc1.COc1ncnc2cc(N3CCOCC3)cc(O)c12.[HH]. The first kappa shape index (κ1) is 31.8. The number of anilines is 2. The number of methoxy groups -OCH3 is 3. The van der Waals surface area contributed by atoms with Crippen LogP contribution < -0.4 is 28.7 Å². The van der Waals surface area contributed by atoms with E-state index in [2.05, 4.69) is 29.7 Å². The molecular weight excluding hydrogens is 604 g/mol. The number of hydrogen-bond donors (Lipinski definition) is 1. The molecule has 13 heteroatoms. The van der Waals surface area contributed by atoms with Crippen LogP contribution in [0.25, 0.3) is 21.8 Å². The summed E-state index contributed by atoms with van der Waals surface area (Å²) in [6, 6.07) is 15.6. The molecule has 0 spiro atoms. The van der Waals surface area contributed by atoms with E-state index in [1.165, 1.54) is 19.8 Å². The number of phenols is 1. The van der Waals surface area contributed by atoms with Gasteiger partial charge in [0.25, 0.3) is 0 Å². The van der Waals surface area contributed by atoms with Gasteiger partial charge in [-0.2, -0.15) is 0 Å². The highest BCUT2D eigenvalue weighted by Crippen LogP contribution is 2.37. The molecule has 2 aromatic heterocycles. The molecule has 2 fully saturated rings. The Balaban J connectivity index is 0.000000197. The van der Waals surface area contributed by atoms with Gasteiger partial charge in [-0.1, -0.05) is 12.1 Å². The molecule has 0 atom stereocenters. The third-order valence-corrected chi connectivity index (χ3v) is 8.01. The highest BCUT2D eigenvalue weighted by molar-refractivity contribution is 5.93. The number of benzene rings is 3. The summed E-state index contributed by atoms with van der Waals surface area (Å²) in [5.74, 6) is 2.54. The van der Waals surface area contributed by atoms with Crippen LogP contribution in [0.4, 0.5) is 11.4 Å². The van der Waals surface area contributed by atoms with Crippen molar-refractivity contribution in [2.45, 2.75) is 6.61 Å². The van der Waals surface area contributed by atoms with Gasteiger partial charge in [0.2, 0.25) is 11.8 Å². The van der Waals surface area contributed by atoms with Crippen LogP contribution in [0.15, 0.2) is 61.2 Å². The molecular formula is C34H40N6O7. The van der Waals surface area contributed by atoms with E-state index < -0.39 is 0 Å². The van der Waals surface area contributed by atoms with E-state index in [0.29, 0.717) is 61.4 Å². The maximum atomic E-state index is 10.2. The Bertz CT molecular complexity index is 1800. The van der Waals surface area contributed by atoms with Crippen molar-refractivity contribution in [2.24, 2.45) is 0 Å². The van der Waals surface area contributed by atoms with Crippen molar-refractivity contribution in [1.29, 1.82) is 0 Å². The van der Waals surface area contributed by atoms with Crippen LogP contribution in [-0.2, 0) is 16.1 Å². The molecule has 0 aliphatic carbocycles. The monoisotopic (exact) mass is 644 g/mol. The number of nitrogens with zero attached hydrogens (tertiary/aromatic N) is 6. The smallest absolute Gasteiger partial charge is 0.228 e. The molecule has 0 unspecified atom stereocenters. The summed E-state index contributed by atoms with van der Waals surface area (Å²) in [5, 5.41) is 11.5. The van der Waals surface area contributed by atoms with Crippen molar-refractivity contribution < 1.29 is 35.0 Å². The van der Waals surface area contributed by atoms with Crippen molar-refractivity contribution in [3.05, 3.63) is 66.7 Å². The van der Waals surface area contributed by atoms with Gasteiger partial charge in [0.05, 0.1) is 58.8 Å². The number of aromatic nitrogens is 4. The second-order valence-electron chi connectivity index (χ2n) is 10.8. The minimum atomic E-state index is 0. The van der Waals surface area contributed by atoms with Crippen LogP contribution in [-0.4, -0.2) is 99.0 Å². The Labute approximate surface area is 274 Å². The minimum absolute atomic E-state index is 0. The van der Waals surface area contributed by atoms with Gasteiger partial charge in [-0.25, -0.2) is 19.9 Å². The quantitative estimate of drug-likeness (QED) is 0.255. The van der Waals surface area contributed by atoms with Crippen LogP contribution in [0.5, 0.6) is 29.0 Å². The average molecular weight is 645 g/mol. The van der Waals surface area contributed by atoms with Gasteiger partial charge < -0.3 is 43.3 Å². The lowest BCUT2D eigenvalue weighted by Crippen LogP contribution is -2.36. The van der Waals surface area contributed by atoms with Crippen molar-refractivity contribution in [2.75, 3.05) is 83.7 Å². The third-order valence-electron chi connectivity index (χ3n) is 8.01. The van der Waals surface area contributed by atoms with Crippen molar-refractivity contribution >= 4 is 33.2 Å². The van der Waals surface area contributed by atoms with Crippen LogP contribution in [0.1, 0.15) is 6.99 Å². The minimum Gasteiger partial charge on any atom is -0.507 e. The molecule has 7 rings (SSSR count). The largest absolute Gasteiger partial charge is 0.507 e. The highest BCUT2D eigenvalue weighted by atomic mass is 16.5. The molecule has 2 aliphatic rings. The molecule has 2 saturated heterocycles. The van der Waals surface area contributed by atoms with Gasteiger partial charge in [0.1, 0.15) is 47.3 Å². The Kier molecular flexibility index (Phi) is 10.1. The number of hydrogen-bond acceptors (Lipinski definition) is 13. The normalized spacial score (nSPS) is 14.8. The van der Waals surface area contributed by atoms with Crippen LogP contribution in [0.2, 0.25) is 0 Å². The predicted molar refractivity (Wildman–Crippen MR) is 179 cm³/mol. The molecule has 0 radical (unpaired) electrons. The Hall–Kier alpha value is -5.14. The summed E-state index contributed by atoms with van der Waals surface area (Å²) in [4.78, 5) is 21.3. The van der Waals surface area contributed by atoms with Crippen LogP contribution >= 0.6 is 0 Å². The fourth-order valence-electron chi connectivity index (χ4n) is 5.55. The van der Waals surface area contributed by atoms with Crippen LogP contribution in [0, 0.1) is 0 Å². The first-order chi connectivity index (χ1) is 23.1. The molecule has 5 aromatic rings. The highest BCUT2D eigenvalue weighted by Gasteiger charge is 2.19. The number of ether oxygens (including phenoxy) is 6. The number of aromatic hydroxyl groups is 1. The molecule has 1 N–H and O–H groups in total. The Morgan fingerprint density at radius 1 is 0.681 bits per heavy atom. The van der Waals surface area contributed by atoms with Crippen LogP contribution in [0.3, 0.4) is 0 Å². The summed E-state index contributed by atoms with van der Waals surface area (Å²) in [5.41, 5.74) is 4.51. The van der Waals surface area contributed by atoms with E-state index in [4.69, 9.17) is 28.4 Å². The summed E-state index contributed by atoms with van der Waals surface area (Å²) >= 11 is 0. The molecule has 4 heterocycles. The third kappa shape index (κ3) is 7.31. The zero-order valence-electron chi connectivity index (χ0n) is 26.7. The molecule has 47 heavy (non-hydrogen) atoms. The molecule has 248 valence electrons. The van der Waals surface area contributed by atoms with E-state index in [9.17, 15) is 5.11 Å². The summed E-state index contributed by atoms with van der Waals surface area (Å²) in [7, 11) is 4.78. The number of rotatable bonds is 8. The average Bonchev–Trinajstić information content (AvgIpc) is 3.14. The topological polar surface area (TPSA) is 134 Å². The lowest BCUT2D eigenvalue weighted by atomic mass is 10.1. The number of fused-ring (bicyclic) bond motifs is 2. The van der Waals surface area contributed by atoms with Gasteiger partial charge in [-0.3, -0.25) is 0 Å². The lowest BCUT2D eigenvalue weighted by molar-refractivity contribution is 0.122. The van der Waals surface area contributed by atoms with E-state index >= 15 is 0 Å². The van der Waals surface area contributed by atoms with E-state index in [1.807, 2.05) is 42.5 Å².